The summed E-state index contributed by atoms with van der Waals surface area (Å²) in [5, 5.41) is 12.5. The van der Waals surface area contributed by atoms with Crippen molar-refractivity contribution in [2.45, 2.75) is 50.1 Å². The van der Waals surface area contributed by atoms with Crippen LogP contribution in [0.15, 0.2) is 0 Å². The number of amides is 1. The highest BCUT2D eigenvalue weighted by Gasteiger charge is 2.48. The lowest BCUT2D eigenvalue weighted by molar-refractivity contribution is -0.151. The third kappa shape index (κ3) is 2.23. The molecule has 102 valence electrons. The molecule has 3 atom stereocenters. The summed E-state index contributed by atoms with van der Waals surface area (Å²) in [5.74, 6) is -0.451. The second-order valence-corrected chi connectivity index (χ2v) is 6.34. The molecule has 0 bridgehead atoms. The van der Waals surface area contributed by atoms with E-state index in [2.05, 4.69) is 5.32 Å². The maximum atomic E-state index is 12.6. The zero-order valence-electron chi connectivity index (χ0n) is 10.8. The van der Waals surface area contributed by atoms with Gasteiger partial charge in [-0.15, -0.1) is 11.8 Å². The first-order valence-corrected chi connectivity index (χ1v) is 7.46. The van der Waals surface area contributed by atoms with E-state index in [0.717, 1.165) is 25.8 Å². The normalized spacial score (nSPS) is 36.0. The molecule has 3 unspecified atom stereocenters. The fourth-order valence-corrected chi connectivity index (χ4v) is 4.05. The van der Waals surface area contributed by atoms with Gasteiger partial charge in [-0.3, -0.25) is 4.79 Å². The van der Waals surface area contributed by atoms with Gasteiger partial charge in [0.25, 0.3) is 0 Å². The molecule has 2 N–H and O–H groups in total. The number of carboxylic acid groups (broad SMARTS) is 1. The second kappa shape index (κ2) is 5.09. The number of carbonyl (C=O) groups excluding carboxylic acids is 1. The van der Waals surface area contributed by atoms with Crippen molar-refractivity contribution in [2.24, 2.45) is 0 Å². The maximum absolute atomic E-state index is 12.6. The number of carboxylic acids is 1. The Hall–Kier alpha value is -0.750. The van der Waals surface area contributed by atoms with Crippen molar-refractivity contribution in [3.8, 4) is 0 Å². The molecule has 6 heteroatoms. The first kappa shape index (κ1) is 13.7. The van der Waals surface area contributed by atoms with E-state index in [0.29, 0.717) is 5.75 Å². The molecule has 2 saturated heterocycles. The van der Waals surface area contributed by atoms with Gasteiger partial charge in [-0.05, 0) is 32.7 Å². The monoisotopic (exact) mass is 272 g/mol. The van der Waals surface area contributed by atoms with Gasteiger partial charge in [-0.1, -0.05) is 6.92 Å². The minimum atomic E-state index is -0.895. The van der Waals surface area contributed by atoms with Crippen LogP contribution in [0.1, 0.15) is 33.1 Å². The van der Waals surface area contributed by atoms with Crippen LogP contribution in [0, 0.1) is 0 Å². The van der Waals surface area contributed by atoms with Crippen molar-refractivity contribution in [1.82, 2.24) is 10.2 Å². The number of rotatable bonds is 3. The third-order valence-electron chi connectivity index (χ3n) is 3.80. The minimum Gasteiger partial charge on any atom is -0.480 e. The number of thioether (sulfide) groups is 1. The van der Waals surface area contributed by atoms with Crippen LogP contribution in [0.25, 0.3) is 0 Å². The average Bonchev–Trinajstić information content (AvgIpc) is 2.94. The molecule has 0 radical (unpaired) electrons. The van der Waals surface area contributed by atoms with E-state index in [4.69, 9.17) is 0 Å². The molecule has 2 rings (SSSR count). The Bertz CT molecular complexity index is 355. The summed E-state index contributed by atoms with van der Waals surface area (Å²) in [7, 11) is 0. The van der Waals surface area contributed by atoms with Gasteiger partial charge in [0, 0.05) is 5.75 Å². The highest BCUT2D eigenvalue weighted by Crippen LogP contribution is 2.34. The van der Waals surface area contributed by atoms with E-state index in [-0.39, 0.29) is 11.3 Å². The van der Waals surface area contributed by atoms with Crippen LogP contribution in [0.4, 0.5) is 0 Å². The predicted molar refractivity (Wildman–Crippen MR) is 70.4 cm³/mol. The quantitative estimate of drug-likeness (QED) is 0.798. The molecule has 0 aromatic heterocycles. The Morgan fingerprint density at radius 3 is 2.78 bits per heavy atom. The van der Waals surface area contributed by atoms with Gasteiger partial charge in [-0.25, -0.2) is 4.79 Å². The third-order valence-corrected chi connectivity index (χ3v) is 5.26. The molecule has 2 aliphatic rings. The molecule has 0 aromatic rings. The molecule has 5 nitrogen and oxygen atoms in total. The van der Waals surface area contributed by atoms with E-state index in [1.54, 1.807) is 16.7 Å². The first-order valence-electron chi connectivity index (χ1n) is 6.42. The number of nitrogens with one attached hydrogen (secondary N) is 1. The topological polar surface area (TPSA) is 69.6 Å². The van der Waals surface area contributed by atoms with Crippen LogP contribution in [-0.2, 0) is 9.59 Å². The summed E-state index contributed by atoms with van der Waals surface area (Å²) in [6, 6.07) is -0.674. The summed E-state index contributed by atoms with van der Waals surface area (Å²) in [5.41, 5.74) is -0.577. The van der Waals surface area contributed by atoms with Crippen molar-refractivity contribution in [2.75, 3.05) is 12.3 Å². The number of aliphatic carboxylic acids is 1. The number of carbonyl (C=O) groups is 2. The lowest BCUT2D eigenvalue weighted by Crippen LogP contribution is -2.57. The molecule has 1 amide bonds. The van der Waals surface area contributed by atoms with Crippen LogP contribution in [0.3, 0.4) is 0 Å². The Kier molecular flexibility index (Phi) is 3.87. The Labute approximate surface area is 111 Å². The zero-order chi connectivity index (χ0) is 13.3. The molecule has 0 aliphatic carbocycles. The molecule has 2 fully saturated rings. The number of nitrogens with zero attached hydrogens (tertiary/aromatic N) is 1. The average molecular weight is 272 g/mol. The lowest BCUT2D eigenvalue weighted by Gasteiger charge is -2.34. The van der Waals surface area contributed by atoms with E-state index in [9.17, 15) is 14.7 Å². The molecular weight excluding hydrogens is 252 g/mol. The SMILES string of the molecule is CCC1SCC(C(=O)O)N1C(=O)C1(C)CCCN1. The van der Waals surface area contributed by atoms with Crippen molar-refractivity contribution >= 4 is 23.6 Å². The summed E-state index contributed by atoms with van der Waals surface area (Å²) >= 11 is 1.57. The smallest absolute Gasteiger partial charge is 0.327 e. The van der Waals surface area contributed by atoms with Gasteiger partial charge >= 0.3 is 5.97 Å². The number of hydrogen-bond acceptors (Lipinski definition) is 4. The summed E-state index contributed by atoms with van der Waals surface area (Å²) < 4.78 is 0. The van der Waals surface area contributed by atoms with Gasteiger partial charge < -0.3 is 15.3 Å². The van der Waals surface area contributed by atoms with Crippen molar-refractivity contribution in [3.63, 3.8) is 0 Å². The highest BCUT2D eigenvalue weighted by molar-refractivity contribution is 8.00. The van der Waals surface area contributed by atoms with Gasteiger partial charge in [-0.2, -0.15) is 0 Å². The summed E-state index contributed by atoms with van der Waals surface area (Å²) in [6.45, 7) is 4.71. The van der Waals surface area contributed by atoms with Crippen molar-refractivity contribution < 1.29 is 14.7 Å². The molecule has 2 aliphatic heterocycles. The standard InChI is InChI=1S/C12H20N2O3S/c1-3-9-14(8(7-18-9)10(15)16)11(17)12(2)5-4-6-13-12/h8-9,13H,3-7H2,1-2H3,(H,15,16). The summed E-state index contributed by atoms with van der Waals surface area (Å²) in [4.78, 5) is 25.5. The molecular formula is C12H20N2O3S. The molecule has 18 heavy (non-hydrogen) atoms. The Morgan fingerprint density at radius 2 is 2.28 bits per heavy atom. The van der Waals surface area contributed by atoms with E-state index < -0.39 is 17.6 Å². The van der Waals surface area contributed by atoms with E-state index in [1.807, 2.05) is 13.8 Å². The van der Waals surface area contributed by atoms with Gasteiger partial charge in [0.15, 0.2) is 0 Å². The fourth-order valence-electron chi connectivity index (χ4n) is 2.70. The van der Waals surface area contributed by atoms with Crippen molar-refractivity contribution in [1.29, 1.82) is 0 Å². The van der Waals surface area contributed by atoms with E-state index >= 15 is 0 Å². The van der Waals surface area contributed by atoms with Crippen LogP contribution in [0.5, 0.6) is 0 Å². The molecule has 0 aromatic carbocycles. The molecule has 2 heterocycles. The number of hydrogen-bond donors (Lipinski definition) is 2. The van der Waals surface area contributed by atoms with Crippen molar-refractivity contribution in [3.05, 3.63) is 0 Å². The maximum Gasteiger partial charge on any atom is 0.327 e. The minimum absolute atomic E-state index is 0.00201. The largest absolute Gasteiger partial charge is 0.480 e. The van der Waals surface area contributed by atoms with Gasteiger partial charge in [0.2, 0.25) is 5.91 Å². The first-order chi connectivity index (χ1) is 8.49. The van der Waals surface area contributed by atoms with Crippen LogP contribution in [0.2, 0.25) is 0 Å². The second-order valence-electron chi connectivity index (χ2n) is 5.13. The predicted octanol–water partition coefficient (Wildman–Crippen LogP) is 0.893. The lowest BCUT2D eigenvalue weighted by atomic mass is 9.97. The molecule has 0 spiro atoms. The van der Waals surface area contributed by atoms with Gasteiger partial charge in [0.1, 0.15) is 6.04 Å². The van der Waals surface area contributed by atoms with Gasteiger partial charge in [0.05, 0.1) is 10.9 Å². The molecule has 0 saturated carbocycles. The highest BCUT2D eigenvalue weighted by atomic mass is 32.2. The van der Waals surface area contributed by atoms with E-state index in [1.165, 1.54) is 0 Å². The van der Waals surface area contributed by atoms with Crippen LogP contribution < -0.4 is 5.32 Å². The Morgan fingerprint density at radius 1 is 1.56 bits per heavy atom. The zero-order valence-corrected chi connectivity index (χ0v) is 11.6. The Balaban J connectivity index is 2.21. The fraction of sp³-hybridized carbons (Fsp3) is 0.833. The van der Waals surface area contributed by atoms with Crippen LogP contribution in [-0.4, -0.2) is 51.1 Å². The summed E-state index contributed by atoms with van der Waals surface area (Å²) in [6.07, 6.45) is 2.55. The van der Waals surface area contributed by atoms with Crippen LogP contribution >= 0.6 is 11.8 Å².